The smallest absolute Gasteiger partial charge is 0.261 e. The van der Waals surface area contributed by atoms with Crippen LogP contribution < -0.4 is 10.6 Å². The van der Waals surface area contributed by atoms with Crippen LogP contribution in [-0.4, -0.2) is 49.4 Å². The van der Waals surface area contributed by atoms with Crippen molar-refractivity contribution in [3.05, 3.63) is 22.4 Å². The monoisotopic (exact) mass is 357 g/mol. The van der Waals surface area contributed by atoms with Crippen LogP contribution in [0.4, 0.5) is 0 Å². The number of thiophene rings is 1. The number of carbonyl (C=O) groups is 2. The molecule has 128 valence electrons. The molecule has 1 aromatic rings. The first-order valence-corrected chi connectivity index (χ1v) is 8.87. The normalized spacial score (nSPS) is 19.4. The molecule has 0 aromatic carbocycles. The summed E-state index contributed by atoms with van der Waals surface area (Å²) in [6.45, 7) is 4.35. The lowest BCUT2D eigenvalue weighted by molar-refractivity contribution is -0.133. The number of carbonyl (C=O) groups excluding carboxylic acids is 2. The van der Waals surface area contributed by atoms with E-state index in [4.69, 9.17) is 0 Å². The quantitative estimate of drug-likeness (QED) is 0.865. The van der Waals surface area contributed by atoms with Gasteiger partial charge in [-0.15, -0.1) is 23.7 Å². The molecular weight excluding hydrogens is 334 g/mol. The molecule has 3 heterocycles. The summed E-state index contributed by atoms with van der Waals surface area (Å²) in [5.41, 5.74) is 0.435. The highest BCUT2D eigenvalue weighted by atomic mass is 35.5. The van der Waals surface area contributed by atoms with Gasteiger partial charge in [-0.25, -0.2) is 0 Å². The van der Waals surface area contributed by atoms with Crippen molar-refractivity contribution in [3.8, 4) is 0 Å². The van der Waals surface area contributed by atoms with Crippen molar-refractivity contribution in [1.82, 2.24) is 15.5 Å². The van der Waals surface area contributed by atoms with Crippen molar-refractivity contribution in [2.24, 2.45) is 5.41 Å². The van der Waals surface area contributed by atoms with Crippen LogP contribution in [0.25, 0.3) is 0 Å². The first-order chi connectivity index (χ1) is 10.7. The fraction of sp³-hybridized carbons (Fsp3) is 0.625. The Hall–Kier alpha value is -1.11. The van der Waals surface area contributed by atoms with Crippen molar-refractivity contribution in [2.75, 3.05) is 32.7 Å². The van der Waals surface area contributed by atoms with Crippen molar-refractivity contribution in [3.63, 3.8) is 0 Å². The summed E-state index contributed by atoms with van der Waals surface area (Å²) in [5, 5.41) is 8.13. The second kappa shape index (κ2) is 8.13. The average molecular weight is 358 g/mol. The van der Waals surface area contributed by atoms with Crippen molar-refractivity contribution in [2.45, 2.75) is 25.7 Å². The van der Waals surface area contributed by atoms with Crippen LogP contribution in [0.15, 0.2) is 17.5 Å². The summed E-state index contributed by atoms with van der Waals surface area (Å²) >= 11 is 1.42. The van der Waals surface area contributed by atoms with E-state index in [9.17, 15) is 9.59 Å². The molecule has 2 aliphatic heterocycles. The van der Waals surface area contributed by atoms with Crippen LogP contribution in [0.5, 0.6) is 0 Å². The molecule has 7 heteroatoms. The Morgan fingerprint density at radius 2 is 2.09 bits per heavy atom. The Kier molecular flexibility index (Phi) is 6.44. The number of amides is 2. The molecule has 0 saturated carbocycles. The molecule has 2 N–H and O–H groups in total. The molecule has 0 unspecified atom stereocenters. The zero-order chi connectivity index (χ0) is 15.4. The second-order valence-electron chi connectivity index (χ2n) is 6.29. The number of likely N-dealkylation sites (tertiary alicyclic amines) is 1. The van der Waals surface area contributed by atoms with E-state index in [-0.39, 0.29) is 24.2 Å². The van der Waals surface area contributed by atoms with Gasteiger partial charge in [-0.05, 0) is 42.7 Å². The maximum absolute atomic E-state index is 12.2. The van der Waals surface area contributed by atoms with Gasteiger partial charge in [0.1, 0.15) is 0 Å². The van der Waals surface area contributed by atoms with Gasteiger partial charge in [-0.1, -0.05) is 6.07 Å². The molecule has 1 aromatic heterocycles. The van der Waals surface area contributed by atoms with Gasteiger partial charge in [-0.2, -0.15) is 0 Å². The molecule has 2 aliphatic rings. The molecule has 2 fully saturated rings. The second-order valence-corrected chi connectivity index (χ2v) is 7.24. The Morgan fingerprint density at radius 1 is 1.30 bits per heavy atom. The lowest BCUT2D eigenvalue weighted by Crippen LogP contribution is -2.44. The van der Waals surface area contributed by atoms with Crippen molar-refractivity contribution < 1.29 is 9.59 Å². The zero-order valence-corrected chi connectivity index (χ0v) is 14.8. The number of nitrogens with one attached hydrogen (secondary N) is 2. The van der Waals surface area contributed by atoms with Crippen LogP contribution >= 0.6 is 23.7 Å². The zero-order valence-electron chi connectivity index (χ0n) is 13.2. The molecule has 2 saturated heterocycles. The van der Waals surface area contributed by atoms with Crippen molar-refractivity contribution in [1.29, 1.82) is 0 Å². The summed E-state index contributed by atoms with van der Waals surface area (Å²) in [5.74, 6) is 0.0738. The predicted octanol–water partition coefficient (Wildman–Crippen LogP) is 1.89. The van der Waals surface area contributed by atoms with Gasteiger partial charge in [0, 0.05) is 32.6 Å². The highest BCUT2D eigenvalue weighted by Gasteiger charge is 2.37. The Labute approximate surface area is 147 Å². The maximum atomic E-state index is 12.2. The number of halogens is 1. The van der Waals surface area contributed by atoms with E-state index in [2.05, 4.69) is 10.6 Å². The van der Waals surface area contributed by atoms with Gasteiger partial charge in [0.2, 0.25) is 5.91 Å². The molecule has 5 nitrogen and oxygen atoms in total. The number of rotatable bonds is 4. The van der Waals surface area contributed by atoms with Gasteiger partial charge in [0.25, 0.3) is 5.91 Å². The lowest BCUT2D eigenvalue weighted by atomic mass is 9.78. The summed E-state index contributed by atoms with van der Waals surface area (Å²) in [4.78, 5) is 26.7. The minimum atomic E-state index is -0.0857. The molecule has 2 amide bonds. The van der Waals surface area contributed by atoms with E-state index in [0.717, 1.165) is 39.0 Å². The largest absolute Gasteiger partial charge is 0.351 e. The first kappa shape index (κ1) is 18.2. The highest BCUT2D eigenvalue weighted by Crippen LogP contribution is 2.36. The summed E-state index contributed by atoms with van der Waals surface area (Å²) in [7, 11) is 0. The first-order valence-electron chi connectivity index (χ1n) is 7.99. The number of hydrogen-bond acceptors (Lipinski definition) is 4. The molecule has 0 radical (unpaired) electrons. The summed E-state index contributed by atoms with van der Waals surface area (Å²) < 4.78 is 0. The van der Waals surface area contributed by atoms with Gasteiger partial charge < -0.3 is 15.5 Å². The molecule has 23 heavy (non-hydrogen) atoms. The van der Waals surface area contributed by atoms with Gasteiger partial charge in [-0.3, -0.25) is 9.59 Å². The van der Waals surface area contributed by atoms with E-state index in [1.165, 1.54) is 17.8 Å². The van der Waals surface area contributed by atoms with Crippen LogP contribution in [0.3, 0.4) is 0 Å². The maximum Gasteiger partial charge on any atom is 0.261 e. The standard InChI is InChI=1S/C16H23N3O2S.ClH/c20-14(3-7-18-15(21)13-2-1-11-22-13)19-9-5-16(6-10-19)4-8-17-12-16;/h1-2,11,17H,3-10,12H2,(H,18,21);1H. The highest BCUT2D eigenvalue weighted by molar-refractivity contribution is 7.12. The van der Waals surface area contributed by atoms with E-state index in [0.29, 0.717) is 23.3 Å². The Morgan fingerprint density at radius 3 is 2.70 bits per heavy atom. The predicted molar refractivity (Wildman–Crippen MR) is 94.3 cm³/mol. The lowest BCUT2D eigenvalue weighted by Gasteiger charge is -2.39. The fourth-order valence-electron chi connectivity index (χ4n) is 3.39. The topological polar surface area (TPSA) is 61.4 Å². The fourth-order valence-corrected chi connectivity index (χ4v) is 4.03. The molecule has 0 aliphatic carbocycles. The van der Waals surface area contributed by atoms with E-state index >= 15 is 0 Å². The van der Waals surface area contributed by atoms with Crippen LogP contribution in [0, 0.1) is 5.41 Å². The SMILES string of the molecule is Cl.O=C(NCCC(=O)N1CCC2(CCNC2)CC1)c1cccs1. The van der Waals surface area contributed by atoms with Gasteiger partial charge >= 0.3 is 0 Å². The van der Waals surface area contributed by atoms with Crippen LogP contribution in [0.2, 0.25) is 0 Å². The summed E-state index contributed by atoms with van der Waals surface area (Å²) in [6, 6.07) is 3.65. The number of nitrogens with zero attached hydrogens (tertiary/aromatic N) is 1. The Balaban J connectivity index is 0.00000192. The molecule has 0 atom stereocenters. The molecule has 0 bridgehead atoms. The van der Waals surface area contributed by atoms with E-state index in [1.54, 1.807) is 6.07 Å². The van der Waals surface area contributed by atoms with Crippen molar-refractivity contribution >= 4 is 35.6 Å². The molecule has 3 rings (SSSR count). The molecular formula is C16H24ClN3O2S. The Bertz CT molecular complexity index is 519. The third-order valence-corrected chi connectivity index (χ3v) is 5.75. The number of piperidine rings is 1. The third kappa shape index (κ3) is 4.46. The van der Waals surface area contributed by atoms with Gasteiger partial charge in [0.15, 0.2) is 0 Å². The van der Waals surface area contributed by atoms with E-state index in [1.807, 2.05) is 16.3 Å². The van der Waals surface area contributed by atoms with Gasteiger partial charge in [0.05, 0.1) is 4.88 Å². The third-order valence-electron chi connectivity index (χ3n) is 4.88. The molecule has 1 spiro atoms. The minimum Gasteiger partial charge on any atom is -0.351 e. The summed E-state index contributed by atoms with van der Waals surface area (Å²) in [6.07, 6.45) is 3.84. The van der Waals surface area contributed by atoms with Crippen LogP contribution in [0.1, 0.15) is 35.4 Å². The van der Waals surface area contributed by atoms with Crippen LogP contribution in [-0.2, 0) is 4.79 Å². The van der Waals surface area contributed by atoms with E-state index < -0.39 is 0 Å². The number of hydrogen-bond donors (Lipinski definition) is 2. The minimum absolute atomic E-state index is 0. The average Bonchev–Trinajstić information content (AvgIpc) is 3.20.